The largest absolute Gasteiger partial charge is 0.379 e. The molecule has 0 bridgehead atoms. The van der Waals surface area contributed by atoms with Gasteiger partial charge in [-0.25, -0.2) is 0 Å². The van der Waals surface area contributed by atoms with Crippen LogP contribution in [-0.4, -0.2) is 24.2 Å². The van der Waals surface area contributed by atoms with Crippen LogP contribution in [-0.2, 0) is 4.74 Å². The maximum atomic E-state index is 11.1. The zero-order chi connectivity index (χ0) is 15.0. The molecule has 0 aromatic heterocycles. The molecule has 7 heteroatoms. The predicted molar refractivity (Wildman–Crippen MR) is 79.7 cm³/mol. The normalized spacial score (nSPS) is 10.6. The topological polar surface area (TPSA) is 102 Å². The third-order valence-corrected chi connectivity index (χ3v) is 2.71. The third kappa shape index (κ3) is 5.02. The summed E-state index contributed by atoms with van der Waals surface area (Å²) in [7, 11) is 0. The molecule has 0 amide bonds. The first-order valence-electron chi connectivity index (χ1n) is 6.65. The second-order valence-electron chi connectivity index (χ2n) is 4.66. The number of nitro benzene ring substituents is 1. The molecule has 0 heterocycles. The van der Waals surface area contributed by atoms with Crippen LogP contribution in [0, 0.1) is 10.1 Å². The van der Waals surface area contributed by atoms with Gasteiger partial charge in [-0.05, 0) is 38.8 Å². The molecule has 0 aliphatic carbocycles. The van der Waals surface area contributed by atoms with Crippen LogP contribution in [0.15, 0.2) is 18.2 Å². The summed E-state index contributed by atoms with van der Waals surface area (Å²) in [5, 5.41) is 14.1. The summed E-state index contributed by atoms with van der Waals surface area (Å²) in [5.41, 5.74) is 3.07. The van der Waals surface area contributed by atoms with Crippen LogP contribution in [0.3, 0.4) is 0 Å². The molecule has 112 valence electrons. The molecule has 0 aliphatic rings. The molecular formula is C13H22N4O3. The van der Waals surface area contributed by atoms with Gasteiger partial charge in [-0.15, -0.1) is 0 Å². The second kappa shape index (κ2) is 8.34. The first kappa shape index (κ1) is 16.2. The number of nitrogen functional groups attached to an aromatic ring is 1. The Morgan fingerprint density at radius 1 is 1.35 bits per heavy atom. The van der Waals surface area contributed by atoms with Crippen molar-refractivity contribution in [3.05, 3.63) is 28.3 Å². The second-order valence-corrected chi connectivity index (χ2v) is 4.66. The number of unbranched alkanes of at least 4 members (excludes halogenated alkanes) is 1. The van der Waals surface area contributed by atoms with Crippen molar-refractivity contribution < 1.29 is 9.66 Å². The summed E-state index contributed by atoms with van der Waals surface area (Å²) in [4.78, 5) is 10.6. The van der Waals surface area contributed by atoms with Crippen molar-refractivity contribution in [1.82, 2.24) is 0 Å². The molecular weight excluding hydrogens is 260 g/mol. The van der Waals surface area contributed by atoms with Crippen molar-refractivity contribution in [3.8, 4) is 0 Å². The molecule has 0 atom stereocenters. The number of ether oxygens (including phenoxy) is 1. The Kier molecular flexibility index (Phi) is 6.75. The Balaban J connectivity index is 2.49. The van der Waals surface area contributed by atoms with Crippen molar-refractivity contribution in [2.24, 2.45) is 5.84 Å². The van der Waals surface area contributed by atoms with E-state index < -0.39 is 4.92 Å². The number of hydrogen-bond donors (Lipinski definition) is 3. The maximum Gasteiger partial charge on any atom is 0.316 e. The number of nitrogens with two attached hydrogens (primary N) is 1. The molecule has 20 heavy (non-hydrogen) atoms. The lowest BCUT2D eigenvalue weighted by Crippen LogP contribution is -2.12. The summed E-state index contributed by atoms with van der Waals surface area (Å²) in [6, 6.07) is 4.95. The summed E-state index contributed by atoms with van der Waals surface area (Å²) < 4.78 is 5.43. The van der Waals surface area contributed by atoms with Crippen LogP contribution in [0.25, 0.3) is 0 Å². The number of rotatable bonds is 9. The van der Waals surface area contributed by atoms with E-state index in [0.29, 0.717) is 24.5 Å². The molecule has 4 N–H and O–H groups in total. The molecule has 0 radical (unpaired) electrons. The van der Waals surface area contributed by atoms with E-state index in [2.05, 4.69) is 10.7 Å². The number of para-hydroxylation sites is 1. The molecule has 0 saturated heterocycles. The van der Waals surface area contributed by atoms with Crippen molar-refractivity contribution in [3.63, 3.8) is 0 Å². The fourth-order valence-electron chi connectivity index (χ4n) is 1.77. The van der Waals surface area contributed by atoms with Crippen molar-refractivity contribution in [1.29, 1.82) is 0 Å². The maximum absolute atomic E-state index is 11.1. The molecule has 7 nitrogen and oxygen atoms in total. The highest BCUT2D eigenvalue weighted by atomic mass is 16.6. The van der Waals surface area contributed by atoms with Crippen LogP contribution < -0.4 is 16.6 Å². The SMILES string of the molecule is CC(C)OCCCCNc1cccc(NN)c1[N+](=O)[O-]. The van der Waals surface area contributed by atoms with Crippen molar-refractivity contribution >= 4 is 17.1 Å². The van der Waals surface area contributed by atoms with E-state index in [1.54, 1.807) is 18.2 Å². The molecule has 0 aliphatic heterocycles. The number of nitrogens with zero attached hydrogens (tertiary/aromatic N) is 1. The standard InChI is InChI=1S/C13H22N4O3/c1-10(2)20-9-4-3-8-15-11-6-5-7-12(16-14)13(11)17(18)19/h5-7,10,15-16H,3-4,8-9,14H2,1-2H3. The van der Waals surface area contributed by atoms with Gasteiger partial charge in [0.05, 0.1) is 11.0 Å². The fourth-order valence-corrected chi connectivity index (χ4v) is 1.77. The Morgan fingerprint density at radius 2 is 2.05 bits per heavy atom. The monoisotopic (exact) mass is 282 g/mol. The first-order valence-corrected chi connectivity index (χ1v) is 6.65. The van der Waals surface area contributed by atoms with E-state index in [-0.39, 0.29) is 11.8 Å². The number of hydrogen-bond acceptors (Lipinski definition) is 6. The van der Waals surface area contributed by atoms with Crippen LogP contribution >= 0.6 is 0 Å². The molecule has 0 spiro atoms. The summed E-state index contributed by atoms with van der Waals surface area (Å²) >= 11 is 0. The van der Waals surface area contributed by atoms with Gasteiger partial charge in [0.25, 0.3) is 0 Å². The number of nitro groups is 1. The Labute approximate surface area is 118 Å². The van der Waals surface area contributed by atoms with Crippen molar-refractivity contribution in [2.75, 3.05) is 23.9 Å². The Hall–Kier alpha value is -1.86. The summed E-state index contributed by atoms with van der Waals surface area (Å²) in [5.74, 6) is 5.28. The third-order valence-electron chi connectivity index (χ3n) is 2.71. The van der Waals surface area contributed by atoms with Crippen LogP contribution in [0.4, 0.5) is 17.1 Å². The van der Waals surface area contributed by atoms with E-state index in [4.69, 9.17) is 10.6 Å². The van der Waals surface area contributed by atoms with Gasteiger partial charge < -0.3 is 15.5 Å². The average Bonchev–Trinajstić information content (AvgIpc) is 2.41. The zero-order valence-corrected chi connectivity index (χ0v) is 11.9. The van der Waals surface area contributed by atoms with E-state index in [1.165, 1.54) is 0 Å². The minimum atomic E-state index is -0.445. The number of nitrogens with one attached hydrogen (secondary N) is 2. The van der Waals surface area contributed by atoms with Gasteiger partial charge >= 0.3 is 5.69 Å². The molecule has 0 unspecified atom stereocenters. The van der Waals surface area contributed by atoms with E-state index in [1.807, 2.05) is 13.8 Å². The van der Waals surface area contributed by atoms with E-state index in [9.17, 15) is 10.1 Å². The average molecular weight is 282 g/mol. The van der Waals surface area contributed by atoms with Gasteiger partial charge in [-0.3, -0.25) is 16.0 Å². The van der Waals surface area contributed by atoms with Gasteiger partial charge in [-0.1, -0.05) is 6.07 Å². The van der Waals surface area contributed by atoms with Crippen molar-refractivity contribution in [2.45, 2.75) is 32.8 Å². The quantitative estimate of drug-likeness (QED) is 0.278. The Morgan fingerprint density at radius 3 is 2.65 bits per heavy atom. The first-order chi connectivity index (χ1) is 9.56. The smallest absolute Gasteiger partial charge is 0.316 e. The molecule has 1 rings (SSSR count). The molecule has 1 aromatic carbocycles. The van der Waals surface area contributed by atoms with Gasteiger partial charge in [0.2, 0.25) is 0 Å². The predicted octanol–water partition coefficient (Wildman–Crippen LogP) is 2.50. The fraction of sp³-hybridized carbons (Fsp3) is 0.538. The summed E-state index contributed by atoms with van der Waals surface area (Å²) in [6.07, 6.45) is 2.02. The number of anilines is 2. The minimum absolute atomic E-state index is 0.0339. The van der Waals surface area contributed by atoms with Crippen LogP contribution in [0.2, 0.25) is 0 Å². The van der Waals surface area contributed by atoms with Crippen LogP contribution in [0.5, 0.6) is 0 Å². The highest BCUT2D eigenvalue weighted by Gasteiger charge is 2.18. The molecule has 0 fully saturated rings. The number of benzene rings is 1. The number of hydrazine groups is 1. The summed E-state index contributed by atoms with van der Waals surface area (Å²) in [6.45, 7) is 5.34. The van der Waals surface area contributed by atoms with E-state index in [0.717, 1.165) is 12.8 Å². The highest BCUT2D eigenvalue weighted by Crippen LogP contribution is 2.31. The lowest BCUT2D eigenvalue weighted by molar-refractivity contribution is -0.383. The van der Waals surface area contributed by atoms with Gasteiger partial charge in [-0.2, -0.15) is 0 Å². The van der Waals surface area contributed by atoms with Gasteiger partial charge in [0.15, 0.2) is 0 Å². The lowest BCUT2D eigenvalue weighted by atomic mass is 10.2. The Bertz CT molecular complexity index is 438. The highest BCUT2D eigenvalue weighted by molar-refractivity contribution is 5.75. The van der Waals surface area contributed by atoms with Gasteiger partial charge in [0.1, 0.15) is 11.4 Å². The minimum Gasteiger partial charge on any atom is -0.379 e. The molecule has 1 aromatic rings. The molecule has 0 saturated carbocycles. The zero-order valence-electron chi connectivity index (χ0n) is 11.9. The van der Waals surface area contributed by atoms with Crippen LogP contribution in [0.1, 0.15) is 26.7 Å². The van der Waals surface area contributed by atoms with E-state index >= 15 is 0 Å². The van der Waals surface area contributed by atoms with Gasteiger partial charge in [0, 0.05) is 13.2 Å². The lowest BCUT2D eigenvalue weighted by Gasteiger charge is -2.10.